The van der Waals surface area contributed by atoms with Gasteiger partial charge in [-0.25, -0.2) is 8.42 Å². The molecular weight excluding hydrogens is 374 g/mol. The highest BCUT2D eigenvalue weighted by Gasteiger charge is 2.11. The molecule has 0 aliphatic carbocycles. The van der Waals surface area contributed by atoms with Gasteiger partial charge in [0.15, 0.2) is 15.8 Å². The summed E-state index contributed by atoms with van der Waals surface area (Å²) in [4.78, 5) is 4.15. The lowest BCUT2D eigenvalue weighted by Crippen LogP contribution is -2.39. The van der Waals surface area contributed by atoms with Crippen molar-refractivity contribution in [2.75, 3.05) is 32.5 Å². The first-order chi connectivity index (χ1) is 13.6. The highest BCUT2D eigenvalue weighted by molar-refractivity contribution is 7.90. The monoisotopic (exact) mass is 403 g/mol. The Morgan fingerprint density at radius 1 is 0.929 bits per heavy atom. The first kappa shape index (κ1) is 21.8. The predicted molar refractivity (Wildman–Crippen MR) is 114 cm³/mol. The third-order valence-corrected chi connectivity index (χ3v) is 5.69. The summed E-state index contributed by atoms with van der Waals surface area (Å²) in [6, 6.07) is 19.0. The van der Waals surface area contributed by atoms with Crippen molar-refractivity contribution >= 4 is 15.8 Å². The fourth-order valence-corrected chi connectivity index (χ4v) is 4.03. The van der Waals surface area contributed by atoms with E-state index in [2.05, 4.69) is 15.6 Å². The van der Waals surface area contributed by atoms with E-state index in [1.54, 1.807) is 7.05 Å². The molecule has 0 saturated carbocycles. The Balaban J connectivity index is 1.57. The van der Waals surface area contributed by atoms with Gasteiger partial charge in [0.1, 0.15) is 5.75 Å². The minimum Gasteiger partial charge on any atom is -0.494 e. The molecular formula is C21H29N3O3S. The highest BCUT2D eigenvalue weighted by atomic mass is 32.2. The molecule has 6 nitrogen and oxygen atoms in total. The molecule has 152 valence electrons. The Kier molecular flexibility index (Phi) is 9.34. The van der Waals surface area contributed by atoms with Gasteiger partial charge < -0.3 is 15.4 Å². The van der Waals surface area contributed by atoms with E-state index in [4.69, 9.17) is 4.74 Å². The van der Waals surface area contributed by atoms with Crippen LogP contribution in [0.3, 0.4) is 0 Å². The van der Waals surface area contributed by atoms with Crippen LogP contribution >= 0.6 is 0 Å². The van der Waals surface area contributed by atoms with Crippen molar-refractivity contribution in [2.24, 2.45) is 4.99 Å². The summed E-state index contributed by atoms with van der Waals surface area (Å²) in [6.45, 7) is 1.89. The number of sulfone groups is 1. The summed E-state index contributed by atoms with van der Waals surface area (Å²) in [7, 11) is -1.41. The van der Waals surface area contributed by atoms with Crippen molar-refractivity contribution in [1.82, 2.24) is 10.6 Å². The summed E-state index contributed by atoms with van der Waals surface area (Å²) in [5.74, 6) is 1.76. The average molecular weight is 404 g/mol. The van der Waals surface area contributed by atoms with Crippen LogP contribution in [0.25, 0.3) is 0 Å². The molecule has 0 aliphatic rings. The molecule has 2 N–H and O–H groups in total. The zero-order valence-corrected chi connectivity index (χ0v) is 17.1. The molecule has 0 amide bonds. The van der Waals surface area contributed by atoms with E-state index < -0.39 is 9.84 Å². The van der Waals surface area contributed by atoms with Gasteiger partial charge in [0.25, 0.3) is 0 Å². The summed E-state index contributed by atoms with van der Waals surface area (Å²) in [5.41, 5.74) is 0.825. The fraction of sp³-hybridized carbons (Fsp3) is 0.381. The smallest absolute Gasteiger partial charge is 0.190 e. The molecule has 2 aromatic carbocycles. The summed E-state index contributed by atoms with van der Waals surface area (Å²) >= 11 is 0. The minimum atomic E-state index is -3.11. The van der Waals surface area contributed by atoms with Crippen LogP contribution in [-0.4, -0.2) is 46.9 Å². The van der Waals surface area contributed by atoms with E-state index in [1.807, 2.05) is 60.7 Å². The minimum absolute atomic E-state index is 0.0855. The maximum atomic E-state index is 12.2. The molecule has 0 atom stereocenters. The number of hydrogen-bond acceptors (Lipinski definition) is 4. The standard InChI is InChI=1S/C21H29N3O3S/c1-22-21(23-14-8-16-27-20-12-6-3-7-13-20)24-15-9-17-28(25,26)18-19-10-4-2-5-11-19/h2-7,10-13H,8-9,14-18H2,1H3,(H2,22,23,24). The number of aliphatic imine (C=N–C) groups is 1. The van der Waals surface area contributed by atoms with Gasteiger partial charge >= 0.3 is 0 Å². The van der Waals surface area contributed by atoms with Crippen molar-refractivity contribution < 1.29 is 13.2 Å². The molecule has 0 unspecified atom stereocenters. The highest BCUT2D eigenvalue weighted by Crippen LogP contribution is 2.08. The van der Waals surface area contributed by atoms with E-state index in [1.165, 1.54) is 0 Å². The Morgan fingerprint density at radius 3 is 2.18 bits per heavy atom. The van der Waals surface area contributed by atoms with Gasteiger partial charge in [0, 0.05) is 20.1 Å². The van der Waals surface area contributed by atoms with Crippen LogP contribution in [0.4, 0.5) is 0 Å². The van der Waals surface area contributed by atoms with Gasteiger partial charge in [0.05, 0.1) is 18.1 Å². The lowest BCUT2D eigenvalue weighted by molar-refractivity contribution is 0.311. The normalized spacial score (nSPS) is 11.8. The Labute approximate surface area is 168 Å². The molecule has 0 aliphatic heterocycles. The van der Waals surface area contributed by atoms with E-state index in [0.29, 0.717) is 25.5 Å². The second-order valence-electron chi connectivity index (χ2n) is 6.37. The van der Waals surface area contributed by atoms with E-state index >= 15 is 0 Å². The van der Waals surface area contributed by atoms with Crippen LogP contribution in [0.5, 0.6) is 5.75 Å². The second kappa shape index (κ2) is 12.0. The number of benzene rings is 2. The van der Waals surface area contributed by atoms with Gasteiger partial charge in [-0.1, -0.05) is 48.5 Å². The molecule has 28 heavy (non-hydrogen) atoms. The third-order valence-electron chi connectivity index (χ3n) is 4.00. The quantitative estimate of drug-likeness (QED) is 0.343. The molecule has 0 heterocycles. The molecule has 0 aromatic heterocycles. The zero-order chi connectivity index (χ0) is 20.1. The molecule has 0 radical (unpaired) electrons. The number of ether oxygens (including phenoxy) is 1. The first-order valence-electron chi connectivity index (χ1n) is 9.46. The maximum absolute atomic E-state index is 12.2. The van der Waals surface area contributed by atoms with Crippen molar-refractivity contribution in [3.05, 3.63) is 66.2 Å². The van der Waals surface area contributed by atoms with Crippen LogP contribution in [0.2, 0.25) is 0 Å². The lowest BCUT2D eigenvalue weighted by atomic mass is 10.2. The SMILES string of the molecule is CN=C(NCCCOc1ccccc1)NCCCS(=O)(=O)Cc1ccccc1. The lowest BCUT2D eigenvalue weighted by Gasteiger charge is -2.12. The van der Waals surface area contributed by atoms with Gasteiger partial charge in [-0.05, 0) is 30.5 Å². The van der Waals surface area contributed by atoms with Crippen molar-refractivity contribution in [1.29, 1.82) is 0 Å². The Bertz CT molecular complexity index is 809. The molecule has 7 heteroatoms. The van der Waals surface area contributed by atoms with E-state index in [9.17, 15) is 8.42 Å². The van der Waals surface area contributed by atoms with Crippen LogP contribution in [0, 0.1) is 0 Å². The summed E-state index contributed by atoms with van der Waals surface area (Å²) in [6.07, 6.45) is 1.37. The maximum Gasteiger partial charge on any atom is 0.190 e. The van der Waals surface area contributed by atoms with Gasteiger partial charge in [-0.2, -0.15) is 0 Å². The van der Waals surface area contributed by atoms with Crippen molar-refractivity contribution in [3.63, 3.8) is 0 Å². The molecule has 2 rings (SSSR count). The largest absolute Gasteiger partial charge is 0.494 e. The first-order valence-corrected chi connectivity index (χ1v) is 11.3. The Hall–Kier alpha value is -2.54. The number of nitrogens with zero attached hydrogens (tertiary/aromatic N) is 1. The molecule has 0 bridgehead atoms. The van der Waals surface area contributed by atoms with Crippen LogP contribution in [0.15, 0.2) is 65.7 Å². The number of para-hydroxylation sites is 1. The summed E-state index contributed by atoms with van der Waals surface area (Å²) < 4.78 is 30.0. The van der Waals surface area contributed by atoms with E-state index in [0.717, 1.165) is 24.3 Å². The third kappa shape index (κ3) is 8.90. The number of guanidine groups is 1. The number of rotatable bonds is 11. The molecule has 2 aromatic rings. The molecule has 0 saturated heterocycles. The van der Waals surface area contributed by atoms with Gasteiger partial charge in [-0.15, -0.1) is 0 Å². The van der Waals surface area contributed by atoms with Crippen molar-refractivity contribution in [3.8, 4) is 5.75 Å². The van der Waals surface area contributed by atoms with Gasteiger partial charge in [0.2, 0.25) is 0 Å². The molecule has 0 fully saturated rings. The second-order valence-corrected chi connectivity index (χ2v) is 8.56. The van der Waals surface area contributed by atoms with Gasteiger partial charge in [-0.3, -0.25) is 4.99 Å². The number of nitrogens with one attached hydrogen (secondary N) is 2. The van der Waals surface area contributed by atoms with Crippen LogP contribution in [0.1, 0.15) is 18.4 Å². The molecule has 0 spiro atoms. The van der Waals surface area contributed by atoms with E-state index in [-0.39, 0.29) is 11.5 Å². The van der Waals surface area contributed by atoms with Crippen molar-refractivity contribution in [2.45, 2.75) is 18.6 Å². The average Bonchev–Trinajstić information content (AvgIpc) is 2.70. The predicted octanol–water partition coefficient (Wildman–Crippen LogP) is 2.63. The topological polar surface area (TPSA) is 79.8 Å². The van der Waals surface area contributed by atoms with Crippen LogP contribution in [-0.2, 0) is 15.6 Å². The fourth-order valence-electron chi connectivity index (χ4n) is 2.61. The zero-order valence-electron chi connectivity index (χ0n) is 16.3. The van der Waals surface area contributed by atoms with Crippen LogP contribution < -0.4 is 15.4 Å². The number of hydrogen-bond donors (Lipinski definition) is 2. The summed E-state index contributed by atoms with van der Waals surface area (Å²) in [5, 5.41) is 6.35. The Morgan fingerprint density at radius 2 is 1.54 bits per heavy atom.